The van der Waals surface area contributed by atoms with E-state index in [2.05, 4.69) is 12.2 Å². The van der Waals surface area contributed by atoms with Crippen LogP contribution in [-0.4, -0.2) is 18.8 Å². The normalized spacial score (nSPS) is 10.8. The third kappa shape index (κ3) is 4.75. The smallest absolute Gasteiger partial charge is 0.336 e. The first-order valence-corrected chi connectivity index (χ1v) is 10.2. The molecule has 2 aromatic carbocycles. The van der Waals surface area contributed by atoms with E-state index in [9.17, 15) is 9.59 Å². The number of hydrogen-bond donors (Lipinski definition) is 1. The molecule has 0 spiro atoms. The second kappa shape index (κ2) is 8.97. The monoisotopic (exact) mass is 397 g/mol. The van der Waals surface area contributed by atoms with Crippen molar-refractivity contribution in [1.29, 1.82) is 0 Å². The number of carbonyl (C=O) groups is 1. The maximum atomic E-state index is 12.3. The number of amides is 1. The van der Waals surface area contributed by atoms with Crippen LogP contribution in [0.3, 0.4) is 0 Å². The Kier molecular flexibility index (Phi) is 6.41. The number of ether oxygens (including phenoxy) is 1. The number of benzene rings is 2. The number of aryl methyl sites for hydroxylation is 2. The van der Waals surface area contributed by atoms with Gasteiger partial charge in [-0.2, -0.15) is 0 Å². The van der Waals surface area contributed by atoms with Gasteiger partial charge in [-0.15, -0.1) is 11.8 Å². The summed E-state index contributed by atoms with van der Waals surface area (Å²) in [4.78, 5) is 24.2. The van der Waals surface area contributed by atoms with Gasteiger partial charge in [-0.05, 0) is 48.2 Å². The van der Waals surface area contributed by atoms with Crippen molar-refractivity contribution in [3.05, 3.63) is 69.6 Å². The lowest BCUT2D eigenvalue weighted by Crippen LogP contribution is -2.15. The molecule has 5 nitrogen and oxygen atoms in total. The van der Waals surface area contributed by atoms with Gasteiger partial charge >= 0.3 is 5.63 Å². The lowest BCUT2D eigenvalue weighted by Gasteiger charge is -2.11. The number of thioether (sulfide) groups is 1. The maximum absolute atomic E-state index is 12.3. The molecule has 0 aliphatic rings. The summed E-state index contributed by atoms with van der Waals surface area (Å²) in [6.45, 7) is 4.01. The number of carbonyl (C=O) groups excluding carboxylic acids is 1. The molecule has 28 heavy (non-hydrogen) atoms. The van der Waals surface area contributed by atoms with Crippen LogP contribution in [0.25, 0.3) is 11.0 Å². The van der Waals surface area contributed by atoms with Gasteiger partial charge in [-0.1, -0.05) is 25.1 Å². The first-order chi connectivity index (χ1) is 13.5. The molecule has 0 aliphatic heterocycles. The molecule has 0 atom stereocenters. The molecule has 3 rings (SSSR count). The van der Waals surface area contributed by atoms with Crippen molar-refractivity contribution in [3.63, 3.8) is 0 Å². The lowest BCUT2D eigenvalue weighted by molar-refractivity contribution is -0.113. The molecule has 1 heterocycles. The van der Waals surface area contributed by atoms with Crippen LogP contribution in [0, 0.1) is 6.92 Å². The molecule has 6 heteroatoms. The number of fused-ring (bicyclic) bond motifs is 1. The van der Waals surface area contributed by atoms with Crippen molar-refractivity contribution in [2.75, 3.05) is 18.2 Å². The first-order valence-electron chi connectivity index (χ1n) is 9.08. The molecular formula is C22H23NO4S. The average molecular weight is 397 g/mol. The Bertz CT molecular complexity index is 1060. The molecule has 0 bridgehead atoms. The topological polar surface area (TPSA) is 68.5 Å². The Balaban J connectivity index is 1.67. The molecule has 1 amide bonds. The van der Waals surface area contributed by atoms with Crippen LogP contribution in [0.4, 0.5) is 5.69 Å². The Morgan fingerprint density at radius 1 is 1.18 bits per heavy atom. The van der Waals surface area contributed by atoms with Crippen LogP contribution >= 0.6 is 11.8 Å². The van der Waals surface area contributed by atoms with Gasteiger partial charge in [0.25, 0.3) is 0 Å². The Morgan fingerprint density at radius 2 is 2.00 bits per heavy atom. The highest BCUT2D eigenvalue weighted by atomic mass is 32.2. The van der Waals surface area contributed by atoms with Crippen molar-refractivity contribution >= 4 is 34.3 Å². The third-order valence-electron chi connectivity index (χ3n) is 4.42. The molecule has 0 radical (unpaired) electrons. The van der Waals surface area contributed by atoms with E-state index < -0.39 is 0 Å². The molecule has 3 aromatic rings. The van der Waals surface area contributed by atoms with E-state index >= 15 is 0 Å². The summed E-state index contributed by atoms with van der Waals surface area (Å²) < 4.78 is 10.6. The molecule has 0 saturated heterocycles. The first kappa shape index (κ1) is 20.0. The van der Waals surface area contributed by atoms with Gasteiger partial charge in [0, 0.05) is 17.2 Å². The van der Waals surface area contributed by atoms with Crippen molar-refractivity contribution in [2.24, 2.45) is 0 Å². The van der Waals surface area contributed by atoms with Crippen LogP contribution in [-0.2, 0) is 17.0 Å². The van der Waals surface area contributed by atoms with Gasteiger partial charge in [0.05, 0.1) is 18.6 Å². The quantitative estimate of drug-likeness (QED) is 0.593. The fourth-order valence-electron chi connectivity index (χ4n) is 2.97. The lowest BCUT2D eigenvalue weighted by atomic mass is 10.1. The zero-order valence-corrected chi connectivity index (χ0v) is 17.0. The molecule has 0 aliphatic carbocycles. The van der Waals surface area contributed by atoms with Crippen LogP contribution in [0.1, 0.15) is 23.6 Å². The number of methoxy groups -OCH3 is 1. The van der Waals surface area contributed by atoms with Gasteiger partial charge < -0.3 is 14.5 Å². The predicted octanol–water partition coefficient (Wildman–Crippen LogP) is 4.54. The number of nitrogens with one attached hydrogen (secondary N) is 1. The highest BCUT2D eigenvalue weighted by molar-refractivity contribution is 7.99. The average Bonchev–Trinajstić information content (AvgIpc) is 2.67. The van der Waals surface area contributed by atoms with Gasteiger partial charge in [-0.3, -0.25) is 4.79 Å². The van der Waals surface area contributed by atoms with Crippen LogP contribution in [0.2, 0.25) is 0 Å². The van der Waals surface area contributed by atoms with E-state index in [0.29, 0.717) is 22.8 Å². The Hall–Kier alpha value is -2.73. The second-order valence-corrected chi connectivity index (χ2v) is 7.51. The fraction of sp³-hybridized carbons (Fsp3) is 0.273. The predicted molar refractivity (Wildman–Crippen MR) is 114 cm³/mol. The summed E-state index contributed by atoms with van der Waals surface area (Å²) >= 11 is 1.45. The SMILES string of the molecule is CCc1ccc2c(CSCC(=O)Nc3cc(C)ccc3OC)cc(=O)oc2c1. The minimum Gasteiger partial charge on any atom is -0.495 e. The molecule has 1 N–H and O–H groups in total. The number of rotatable bonds is 7. The zero-order valence-electron chi connectivity index (χ0n) is 16.2. The number of anilines is 1. The molecule has 146 valence electrons. The summed E-state index contributed by atoms with van der Waals surface area (Å²) in [5, 5.41) is 3.79. The van der Waals surface area contributed by atoms with Gasteiger partial charge in [0.2, 0.25) is 5.91 Å². The van der Waals surface area contributed by atoms with E-state index in [1.54, 1.807) is 7.11 Å². The van der Waals surface area contributed by atoms with E-state index in [0.717, 1.165) is 28.5 Å². The standard InChI is InChI=1S/C22H23NO4S/c1-4-15-6-7-17-16(11-22(25)27-20(17)10-15)12-28-13-21(24)23-18-9-14(2)5-8-19(18)26-3/h5-11H,4,12-13H2,1-3H3,(H,23,24). The Labute approximate surface area is 168 Å². The molecule has 1 aromatic heterocycles. The van der Waals surface area contributed by atoms with Crippen LogP contribution in [0.15, 0.2) is 51.7 Å². The molecular weight excluding hydrogens is 374 g/mol. The minimum atomic E-state index is -0.370. The second-order valence-electron chi connectivity index (χ2n) is 6.52. The van der Waals surface area contributed by atoms with Gasteiger partial charge in [0.15, 0.2) is 0 Å². The van der Waals surface area contributed by atoms with E-state index in [4.69, 9.17) is 9.15 Å². The van der Waals surface area contributed by atoms with E-state index in [-0.39, 0.29) is 17.3 Å². The molecule has 0 unspecified atom stereocenters. The van der Waals surface area contributed by atoms with Gasteiger partial charge in [-0.25, -0.2) is 4.79 Å². The van der Waals surface area contributed by atoms with Crippen molar-refractivity contribution in [2.45, 2.75) is 26.0 Å². The molecule has 0 fully saturated rings. The summed E-state index contributed by atoms with van der Waals surface area (Å²) in [5.74, 6) is 1.33. The summed E-state index contributed by atoms with van der Waals surface area (Å²) in [5.41, 5.74) is 3.91. The van der Waals surface area contributed by atoms with Crippen molar-refractivity contribution in [1.82, 2.24) is 0 Å². The summed E-state index contributed by atoms with van der Waals surface area (Å²) in [7, 11) is 1.57. The summed E-state index contributed by atoms with van der Waals surface area (Å²) in [6, 6.07) is 13.1. The molecule has 0 saturated carbocycles. The summed E-state index contributed by atoms with van der Waals surface area (Å²) in [6.07, 6.45) is 0.876. The highest BCUT2D eigenvalue weighted by Crippen LogP contribution is 2.26. The fourth-order valence-corrected chi connectivity index (χ4v) is 3.79. The van der Waals surface area contributed by atoms with E-state index in [1.165, 1.54) is 17.8 Å². The number of hydrogen-bond acceptors (Lipinski definition) is 5. The zero-order chi connectivity index (χ0) is 20.1. The largest absolute Gasteiger partial charge is 0.495 e. The van der Waals surface area contributed by atoms with Crippen LogP contribution < -0.4 is 15.7 Å². The maximum Gasteiger partial charge on any atom is 0.336 e. The third-order valence-corrected chi connectivity index (χ3v) is 5.40. The Morgan fingerprint density at radius 3 is 2.75 bits per heavy atom. The van der Waals surface area contributed by atoms with E-state index in [1.807, 2.05) is 43.3 Å². The highest BCUT2D eigenvalue weighted by Gasteiger charge is 2.10. The van der Waals surface area contributed by atoms with Crippen molar-refractivity contribution < 1.29 is 13.9 Å². The van der Waals surface area contributed by atoms with Crippen molar-refractivity contribution in [3.8, 4) is 5.75 Å². The van der Waals surface area contributed by atoms with Crippen LogP contribution in [0.5, 0.6) is 5.75 Å². The van der Waals surface area contributed by atoms with Gasteiger partial charge in [0.1, 0.15) is 11.3 Å². The minimum absolute atomic E-state index is 0.116.